The Morgan fingerprint density at radius 3 is 2.60 bits per heavy atom. The van der Waals surface area contributed by atoms with Crippen LogP contribution < -0.4 is 5.32 Å². The van der Waals surface area contributed by atoms with Crippen molar-refractivity contribution in [2.75, 3.05) is 25.6 Å². The maximum Gasteiger partial charge on any atom is 0.308 e. The van der Waals surface area contributed by atoms with E-state index in [4.69, 9.17) is 4.74 Å². The van der Waals surface area contributed by atoms with E-state index in [1.54, 1.807) is 0 Å². The highest BCUT2D eigenvalue weighted by atomic mass is 16.5. The highest BCUT2D eigenvalue weighted by Crippen LogP contribution is 2.43. The molecule has 2 N–H and O–H groups in total. The van der Waals surface area contributed by atoms with Gasteiger partial charge in [0.1, 0.15) is 0 Å². The zero-order valence-corrected chi connectivity index (χ0v) is 14.9. The summed E-state index contributed by atoms with van der Waals surface area (Å²) in [4.78, 5) is 14.1. The Balaban J connectivity index is 1.54. The van der Waals surface area contributed by atoms with Crippen molar-refractivity contribution >= 4 is 11.7 Å². The molecule has 2 saturated heterocycles. The molecule has 1 aromatic rings. The molecule has 2 heterocycles. The number of carboxylic acid groups (broad SMARTS) is 1. The van der Waals surface area contributed by atoms with Gasteiger partial charge in [0.15, 0.2) is 0 Å². The second-order valence-electron chi connectivity index (χ2n) is 7.90. The van der Waals surface area contributed by atoms with Crippen LogP contribution in [0.25, 0.3) is 0 Å². The van der Waals surface area contributed by atoms with Crippen LogP contribution in [0.5, 0.6) is 0 Å². The Bertz CT molecular complexity index is 612. The molecule has 5 nitrogen and oxygen atoms in total. The molecule has 2 aliphatic heterocycles. The Morgan fingerprint density at radius 2 is 1.92 bits per heavy atom. The molecule has 3 aliphatic rings. The zero-order valence-electron chi connectivity index (χ0n) is 14.9. The third-order valence-electron chi connectivity index (χ3n) is 6.36. The maximum absolute atomic E-state index is 11.9. The summed E-state index contributed by atoms with van der Waals surface area (Å²) in [6, 6.07) is 9.26. The normalized spacial score (nSPS) is 33.3. The average Bonchev–Trinajstić information content (AvgIpc) is 3.27. The molecule has 5 heteroatoms. The van der Waals surface area contributed by atoms with Crippen molar-refractivity contribution in [2.45, 2.75) is 50.2 Å². The molecule has 1 saturated carbocycles. The average molecular weight is 344 g/mol. The first-order chi connectivity index (χ1) is 12.1. The Labute approximate surface area is 149 Å². The van der Waals surface area contributed by atoms with Gasteiger partial charge in [-0.3, -0.25) is 9.69 Å². The number of likely N-dealkylation sites (tertiary alicyclic amines) is 1. The molecule has 0 bridgehead atoms. The van der Waals surface area contributed by atoms with Crippen molar-refractivity contribution in [3.8, 4) is 0 Å². The summed E-state index contributed by atoms with van der Waals surface area (Å²) in [6.07, 6.45) is 5.83. The van der Waals surface area contributed by atoms with Crippen molar-refractivity contribution in [1.82, 2.24) is 4.90 Å². The van der Waals surface area contributed by atoms with Gasteiger partial charge in [0.25, 0.3) is 0 Å². The quantitative estimate of drug-likeness (QED) is 0.879. The first-order valence-electron chi connectivity index (χ1n) is 9.52. The number of fused-ring (bicyclic) bond motifs is 1. The molecule has 4 rings (SSSR count). The standard InChI is InChI=1S/C20H28N2O3/c1-22-18-12-25-11-14(18)10-17(20(23)24)19(22)13-6-8-16(9-7-13)21-15-4-2-3-5-15/h6-9,14-15,17-19,21H,2-5,10-12H2,1H3,(H,23,24)/t14-,17-,18+,19-/m1/s1. The van der Waals surface area contributed by atoms with Gasteiger partial charge in [0.05, 0.1) is 19.1 Å². The van der Waals surface area contributed by atoms with Crippen LogP contribution in [-0.4, -0.2) is 48.3 Å². The van der Waals surface area contributed by atoms with Gasteiger partial charge in [0.2, 0.25) is 0 Å². The highest BCUT2D eigenvalue weighted by molar-refractivity contribution is 5.71. The van der Waals surface area contributed by atoms with Gasteiger partial charge in [-0.05, 0) is 44.0 Å². The fourth-order valence-electron chi connectivity index (χ4n) is 4.99. The molecule has 4 atom stereocenters. The lowest BCUT2D eigenvalue weighted by molar-refractivity contribution is -0.148. The van der Waals surface area contributed by atoms with Gasteiger partial charge in [0, 0.05) is 29.7 Å². The van der Waals surface area contributed by atoms with E-state index in [-0.39, 0.29) is 12.0 Å². The van der Waals surface area contributed by atoms with Crippen molar-refractivity contribution in [1.29, 1.82) is 0 Å². The summed E-state index contributed by atoms with van der Waals surface area (Å²) >= 11 is 0. The van der Waals surface area contributed by atoms with Crippen LogP contribution in [-0.2, 0) is 9.53 Å². The number of carboxylic acids is 1. The Kier molecular flexibility index (Phi) is 4.69. The van der Waals surface area contributed by atoms with E-state index >= 15 is 0 Å². The van der Waals surface area contributed by atoms with E-state index < -0.39 is 5.97 Å². The predicted molar refractivity (Wildman–Crippen MR) is 96.7 cm³/mol. The van der Waals surface area contributed by atoms with Crippen LogP contribution in [0.2, 0.25) is 0 Å². The lowest BCUT2D eigenvalue weighted by atomic mass is 9.77. The van der Waals surface area contributed by atoms with E-state index in [0.717, 1.165) is 11.3 Å². The number of piperidine rings is 1. The van der Waals surface area contributed by atoms with Crippen LogP contribution in [0, 0.1) is 11.8 Å². The summed E-state index contributed by atoms with van der Waals surface area (Å²) in [5, 5.41) is 13.4. The molecule has 0 aromatic heterocycles. The van der Waals surface area contributed by atoms with Gasteiger partial charge < -0.3 is 15.2 Å². The van der Waals surface area contributed by atoms with Crippen LogP contribution in [0.3, 0.4) is 0 Å². The molecular weight excluding hydrogens is 316 g/mol. The van der Waals surface area contributed by atoms with E-state index in [9.17, 15) is 9.90 Å². The number of rotatable bonds is 4. The van der Waals surface area contributed by atoms with Crippen LogP contribution in [0.4, 0.5) is 5.69 Å². The molecule has 1 aliphatic carbocycles. The fourth-order valence-corrected chi connectivity index (χ4v) is 4.99. The smallest absolute Gasteiger partial charge is 0.308 e. The number of hydrogen-bond acceptors (Lipinski definition) is 4. The minimum absolute atomic E-state index is 0.0824. The van der Waals surface area contributed by atoms with Gasteiger partial charge >= 0.3 is 5.97 Å². The van der Waals surface area contributed by atoms with E-state index in [2.05, 4.69) is 41.5 Å². The second kappa shape index (κ2) is 6.96. The third-order valence-corrected chi connectivity index (χ3v) is 6.36. The maximum atomic E-state index is 11.9. The first kappa shape index (κ1) is 16.9. The summed E-state index contributed by atoms with van der Waals surface area (Å²) in [7, 11) is 2.05. The second-order valence-corrected chi connectivity index (χ2v) is 7.90. The SMILES string of the molecule is CN1[C@H](c2ccc(NC3CCCC3)cc2)[C@H](C(=O)O)C[C@@H]2COC[C@@H]21. The van der Waals surface area contributed by atoms with E-state index in [1.165, 1.54) is 25.7 Å². The van der Waals surface area contributed by atoms with Crippen LogP contribution in [0.1, 0.15) is 43.7 Å². The summed E-state index contributed by atoms with van der Waals surface area (Å²) < 4.78 is 5.62. The minimum atomic E-state index is -0.699. The van der Waals surface area contributed by atoms with Gasteiger partial charge in [-0.25, -0.2) is 0 Å². The van der Waals surface area contributed by atoms with Crippen LogP contribution >= 0.6 is 0 Å². The van der Waals surface area contributed by atoms with Gasteiger partial charge in [-0.15, -0.1) is 0 Å². The van der Waals surface area contributed by atoms with Crippen molar-refractivity contribution in [3.63, 3.8) is 0 Å². The monoisotopic (exact) mass is 344 g/mol. The molecule has 0 amide bonds. The molecule has 0 radical (unpaired) electrons. The number of likely N-dealkylation sites (N-methyl/N-ethyl adjacent to an activating group) is 1. The third kappa shape index (κ3) is 3.27. The number of benzene rings is 1. The predicted octanol–water partition coefficient (Wildman–Crippen LogP) is 3.13. The number of nitrogens with zero attached hydrogens (tertiary/aromatic N) is 1. The lowest BCUT2D eigenvalue weighted by Crippen LogP contribution is -2.50. The van der Waals surface area contributed by atoms with Crippen molar-refractivity contribution in [2.24, 2.45) is 11.8 Å². The van der Waals surface area contributed by atoms with Crippen LogP contribution in [0.15, 0.2) is 24.3 Å². The minimum Gasteiger partial charge on any atom is -0.481 e. The molecule has 25 heavy (non-hydrogen) atoms. The van der Waals surface area contributed by atoms with Gasteiger partial charge in [-0.2, -0.15) is 0 Å². The molecule has 0 spiro atoms. The summed E-state index contributed by atoms with van der Waals surface area (Å²) in [6.45, 7) is 1.40. The topological polar surface area (TPSA) is 61.8 Å². The number of anilines is 1. The largest absolute Gasteiger partial charge is 0.481 e. The fraction of sp³-hybridized carbons (Fsp3) is 0.650. The highest BCUT2D eigenvalue weighted by Gasteiger charge is 2.47. The summed E-state index contributed by atoms with van der Waals surface area (Å²) in [5.74, 6) is -0.734. The molecule has 0 unspecified atom stereocenters. The molecule has 136 valence electrons. The number of aliphatic carboxylic acids is 1. The Morgan fingerprint density at radius 1 is 1.20 bits per heavy atom. The first-order valence-corrected chi connectivity index (χ1v) is 9.52. The van der Waals surface area contributed by atoms with Crippen molar-refractivity contribution < 1.29 is 14.6 Å². The molecular formula is C20H28N2O3. The number of ether oxygens (including phenoxy) is 1. The summed E-state index contributed by atoms with van der Waals surface area (Å²) in [5.41, 5.74) is 2.24. The number of hydrogen-bond donors (Lipinski definition) is 2. The number of nitrogens with one attached hydrogen (secondary N) is 1. The molecule has 3 fully saturated rings. The Hall–Kier alpha value is -1.59. The van der Waals surface area contributed by atoms with Gasteiger partial charge in [-0.1, -0.05) is 25.0 Å². The van der Waals surface area contributed by atoms with Crippen molar-refractivity contribution in [3.05, 3.63) is 29.8 Å². The lowest BCUT2D eigenvalue weighted by Gasteiger charge is -2.44. The number of carbonyl (C=O) groups is 1. The van der Waals surface area contributed by atoms with E-state index in [0.29, 0.717) is 37.6 Å². The van der Waals surface area contributed by atoms with E-state index in [1.807, 2.05) is 0 Å². The zero-order chi connectivity index (χ0) is 17.4. The molecule has 1 aromatic carbocycles.